The average molecular weight is 226 g/mol. The summed E-state index contributed by atoms with van der Waals surface area (Å²) in [6, 6.07) is 5.69. The summed E-state index contributed by atoms with van der Waals surface area (Å²) >= 11 is 3.43. The van der Waals surface area contributed by atoms with Gasteiger partial charge in [0.15, 0.2) is 0 Å². The molecule has 4 heteroatoms. The number of nitrogen functional groups attached to an aromatic ring is 1. The van der Waals surface area contributed by atoms with Gasteiger partial charge < -0.3 is 5.73 Å². The highest BCUT2D eigenvalue weighted by Gasteiger charge is 2.04. The molecule has 0 atom stereocenters. The summed E-state index contributed by atoms with van der Waals surface area (Å²) in [6.07, 6.45) is 0. The monoisotopic (exact) mass is 225 g/mol. The summed E-state index contributed by atoms with van der Waals surface area (Å²) in [7, 11) is 1.89. The Hall–Kier alpha value is -1.03. The molecular weight excluding hydrogens is 218 g/mol. The van der Waals surface area contributed by atoms with Crippen LogP contribution < -0.4 is 5.73 Å². The first-order valence-corrected chi connectivity index (χ1v) is 4.35. The first-order chi connectivity index (χ1) is 5.68. The standard InChI is InChI=1S/C8H8BrN3/c1-12-8(9)6-3-2-5(10)4-7(6)11-12/h2-4H,10H2,1H3. The van der Waals surface area contributed by atoms with E-state index < -0.39 is 0 Å². The zero-order chi connectivity index (χ0) is 8.72. The molecule has 2 rings (SSSR count). The lowest BCUT2D eigenvalue weighted by Crippen LogP contribution is -1.88. The third kappa shape index (κ3) is 0.992. The van der Waals surface area contributed by atoms with Gasteiger partial charge in [0.2, 0.25) is 0 Å². The molecule has 12 heavy (non-hydrogen) atoms. The van der Waals surface area contributed by atoms with Crippen molar-refractivity contribution >= 4 is 32.5 Å². The Labute approximate surface area is 78.3 Å². The summed E-state index contributed by atoms with van der Waals surface area (Å²) < 4.78 is 2.77. The van der Waals surface area contributed by atoms with Crippen LogP contribution in [0, 0.1) is 0 Å². The molecule has 0 saturated carbocycles. The second kappa shape index (κ2) is 2.48. The second-order valence-corrected chi connectivity index (χ2v) is 3.44. The van der Waals surface area contributed by atoms with Gasteiger partial charge in [0.1, 0.15) is 4.60 Å². The molecule has 0 aliphatic carbocycles. The van der Waals surface area contributed by atoms with Crippen LogP contribution in [0.1, 0.15) is 0 Å². The Kier molecular flexibility index (Phi) is 1.58. The number of halogens is 1. The van der Waals surface area contributed by atoms with E-state index in [-0.39, 0.29) is 0 Å². The van der Waals surface area contributed by atoms with Crippen LogP contribution in [0.25, 0.3) is 10.9 Å². The van der Waals surface area contributed by atoms with Gasteiger partial charge in [0, 0.05) is 18.1 Å². The maximum absolute atomic E-state index is 5.62. The van der Waals surface area contributed by atoms with Crippen LogP contribution in [0.3, 0.4) is 0 Å². The van der Waals surface area contributed by atoms with Gasteiger partial charge in [-0.05, 0) is 34.1 Å². The highest BCUT2D eigenvalue weighted by Crippen LogP contribution is 2.24. The molecule has 0 aliphatic rings. The third-order valence-electron chi connectivity index (χ3n) is 1.79. The van der Waals surface area contributed by atoms with Gasteiger partial charge in [-0.25, -0.2) is 0 Å². The maximum atomic E-state index is 5.62. The van der Waals surface area contributed by atoms with Gasteiger partial charge in [-0.1, -0.05) is 0 Å². The van der Waals surface area contributed by atoms with E-state index in [1.807, 2.05) is 25.2 Å². The minimum atomic E-state index is 0.744. The minimum Gasteiger partial charge on any atom is -0.399 e. The van der Waals surface area contributed by atoms with Crippen molar-refractivity contribution in [3.63, 3.8) is 0 Å². The number of nitrogens with two attached hydrogens (primary N) is 1. The van der Waals surface area contributed by atoms with Crippen LogP contribution in [-0.4, -0.2) is 9.78 Å². The Morgan fingerprint density at radius 1 is 1.50 bits per heavy atom. The molecule has 1 aromatic heterocycles. The van der Waals surface area contributed by atoms with E-state index in [9.17, 15) is 0 Å². The Balaban J connectivity index is 2.87. The largest absolute Gasteiger partial charge is 0.399 e. The zero-order valence-electron chi connectivity index (χ0n) is 6.58. The molecule has 0 saturated heterocycles. The Morgan fingerprint density at radius 3 is 3.00 bits per heavy atom. The predicted molar refractivity (Wildman–Crippen MR) is 52.8 cm³/mol. The number of aromatic nitrogens is 2. The zero-order valence-corrected chi connectivity index (χ0v) is 8.17. The molecule has 1 heterocycles. The lowest BCUT2D eigenvalue weighted by Gasteiger charge is -1.90. The number of hydrogen-bond acceptors (Lipinski definition) is 2. The fraction of sp³-hybridized carbons (Fsp3) is 0.125. The molecule has 0 aliphatic heterocycles. The van der Waals surface area contributed by atoms with Crippen molar-refractivity contribution in [2.75, 3.05) is 5.73 Å². The van der Waals surface area contributed by atoms with Crippen molar-refractivity contribution in [2.45, 2.75) is 0 Å². The van der Waals surface area contributed by atoms with Crippen LogP contribution >= 0.6 is 15.9 Å². The molecule has 3 nitrogen and oxygen atoms in total. The van der Waals surface area contributed by atoms with Crippen molar-refractivity contribution < 1.29 is 0 Å². The van der Waals surface area contributed by atoms with Crippen LogP contribution in [-0.2, 0) is 7.05 Å². The van der Waals surface area contributed by atoms with Crippen molar-refractivity contribution in [1.82, 2.24) is 9.78 Å². The molecule has 2 aromatic rings. The minimum absolute atomic E-state index is 0.744. The van der Waals surface area contributed by atoms with E-state index in [4.69, 9.17) is 5.73 Å². The summed E-state index contributed by atoms with van der Waals surface area (Å²) in [4.78, 5) is 0. The highest BCUT2D eigenvalue weighted by atomic mass is 79.9. The number of hydrogen-bond donors (Lipinski definition) is 1. The van der Waals surface area contributed by atoms with E-state index in [1.165, 1.54) is 0 Å². The van der Waals surface area contributed by atoms with E-state index in [1.54, 1.807) is 4.68 Å². The van der Waals surface area contributed by atoms with Gasteiger partial charge in [-0.3, -0.25) is 4.68 Å². The molecule has 1 aromatic carbocycles. The number of nitrogens with zero attached hydrogens (tertiary/aromatic N) is 2. The molecule has 0 bridgehead atoms. The summed E-state index contributed by atoms with van der Waals surface area (Å²) in [5, 5.41) is 5.35. The predicted octanol–water partition coefficient (Wildman–Crippen LogP) is 1.92. The highest BCUT2D eigenvalue weighted by molar-refractivity contribution is 9.10. The normalized spacial score (nSPS) is 10.8. The number of benzene rings is 1. The molecule has 0 fully saturated rings. The van der Waals surface area contributed by atoms with Crippen molar-refractivity contribution in [2.24, 2.45) is 7.05 Å². The van der Waals surface area contributed by atoms with Gasteiger partial charge in [0.05, 0.1) is 5.52 Å². The van der Waals surface area contributed by atoms with E-state index in [0.717, 1.165) is 21.2 Å². The Morgan fingerprint density at radius 2 is 2.25 bits per heavy atom. The average Bonchev–Trinajstić information content (AvgIpc) is 2.28. The fourth-order valence-corrected chi connectivity index (χ4v) is 1.60. The number of aryl methyl sites for hydroxylation is 1. The lowest BCUT2D eigenvalue weighted by molar-refractivity contribution is 0.761. The van der Waals surface area contributed by atoms with Crippen LogP contribution in [0.4, 0.5) is 5.69 Å². The van der Waals surface area contributed by atoms with Gasteiger partial charge in [-0.2, -0.15) is 5.10 Å². The maximum Gasteiger partial charge on any atom is 0.111 e. The molecule has 0 radical (unpaired) electrons. The van der Waals surface area contributed by atoms with Crippen LogP contribution in [0.5, 0.6) is 0 Å². The van der Waals surface area contributed by atoms with Crippen LogP contribution in [0.2, 0.25) is 0 Å². The summed E-state index contributed by atoms with van der Waals surface area (Å²) in [6.45, 7) is 0. The number of fused-ring (bicyclic) bond motifs is 1. The summed E-state index contributed by atoms with van der Waals surface area (Å²) in [5.74, 6) is 0. The smallest absolute Gasteiger partial charge is 0.111 e. The SMILES string of the molecule is Cn1nc2cc(N)ccc2c1Br. The lowest BCUT2D eigenvalue weighted by atomic mass is 10.2. The van der Waals surface area contributed by atoms with Crippen molar-refractivity contribution in [3.8, 4) is 0 Å². The van der Waals surface area contributed by atoms with Crippen molar-refractivity contribution in [3.05, 3.63) is 22.8 Å². The topological polar surface area (TPSA) is 43.8 Å². The van der Waals surface area contributed by atoms with E-state index >= 15 is 0 Å². The van der Waals surface area contributed by atoms with E-state index in [0.29, 0.717) is 0 Å². The second-order valence-electron chi connectivity index (χ2n) is 2.69. The molecule has 0 unspecified atom stereocenters. The van der Waals surface area contributed by atoms with E-state index in [2.05, 4.69) is 21.0 Å². The molecule has 62 valence electrons. The quantitative estimate of drug-likeness (QED) is 0.697. The Bertz CT molecular complexity index is 433. The van der Waals surface area contributed by atoms with Crippen LogP contribution in [0.15, 0.2) is 22.8 Å². The van der Waals surface area contributed by atoms with Crippen molar-refractivity contribution in [1.29, 1.82) is 0 Å². The molecular formula is C8H8BrN3. The molecule has 0 amide bonds. The molecule has 2 N–H and O–H groups in total. The fourth-order valence-electron chi connectivity index (χ4n) is 1.19. The summed E-state index contributed by atoms with van der Waals surface area (Å²) in [5.41, 5.74) is 7.28. The third-order valence-corrected chi connectivity index (χ3v) is 2.73. The molecule has 0 spiro atoms. The van der Waals surface area contributed by atoms with Gasteiger partial charge in [0.25, 0.3) is 0 Å². The first-order valence-electron chi connectivity index (χ1n) is 3.56. The first kappa shape index (κ1) is 7.61. The number of rotatable bonds is 0. The van der Waals surface area contributed by atoms with Gasteiger partial charge in [-0.15, -0.1) is 0 Å². The number of anilines is 1. The van der Waals surface area contributed by atoms with Gasteiger partial charge >= 0.3 is 0 Å².